The Balaban J connectivity index is 1.48. The second kappa shape index (κ2) is 8.60. The lowest BCUT2D eigenvalue weighted by Gasteiger charge is -2.34. The number of ether oxygens (including phenoxy) is 1. The predicted molar refractivity (Wildman–Crippen MR) is 99.0 cm³/mol. The molecule has 0 unspecified atom stereocenters. The average Bonchev–Trinajstić information content (AvgIpc) is 3.14. The number of alkyl halides is 3. The Morgan fingerprint density at radius 3 is 2.59 bits per heavy atom. The number of hydrogen-bond donors (Lipinski definition) is 1. The van der Waals surface area contributed by atoms with Gasteiger partial charge in [-0.15, -0.1) is 11.3 Å². The zero-order chi connectivity index (χ0) is 19.3. The highest BCUT2D eigenvalue weighted by atomic mass is 32.1. The summed E-state index contributed by atoms with van der Waals surface area (Å²) < 4.78 is 43.9. The van der Waals surface area contributed by atoms with Crippen molar-refractivity contribution >= 4 is 17.3 Å². The van der Waals surface area contributed by atoms with Gasteiger partial charge in [-0.05, 0) is 12.1 Å². The molecule has 2 aromatic rings. The standard InChI is InChI=1S/C18H21F3N4OS/c1-22-17(23-11-16-24-15(12-27-16)18(19,20)21)25-9-7-14(8-10-25)26-13-5-3-2-4-6-13/h2-6,12,14H,7-11H2,1H3,(H,22,23). The first kappa shape index (κ1) is 19.5. The third-order valence-electron chi connectivity index (χ3n) is 4.24. The maximum absolute atomic E-state index is 12.6. The van der Waals surface area contributed by atoms with Crippen LogP contribution in [-0.4, -0.2) is 42.1 Å². The first-order valence-corrected chi connectivity index (χ1v) is 9.52. The van der Waals surface area contributed by atoms with Crippen molar-refractivity contribution in [1.82, 2.24) is 15.2 Å². The summed E-state index contributed by atoms with van der Waals surface area (Å²) in [7, 11) is 1.66. The van der Waals surface area contributed by atoms with E-state index >= 15 is 0 Å². The molecule has 0 radical (unpaired) electrons. The lowest BCUT2D eigenvalue weighted by molar-refractivity contribution is -0.140. The van der Waals surface area contributed by atoms with E-state index in [1.165, 1.54) is 0 Å². The third-order valence-corrected chi connectivity index (χ3v) is 5.09. The first-order valence-electron chi connectivity index (χ1n) is 8.64. The highest BCUT2D eigenvalue weighted by Crippen LogP contribution is 2.30. The summed E-state index contributed by atoms with van der Waals surface area (Å²) in [5, 5.41) is 4.51. The molecule has 3 rings (SSSR count). The van der Waals surface area contributed by atoms with E-state index in [2.05, 4.69) is 20.2 Å². The summed E-state index contributed by atoms with van der Waals surface area (Å²) in [6.45, 7) is 1.75. The lowest BCUT2D eigenvalue weighted by Crippen LogP contribution is -2.47. The van der Waals surface area contributed by atoms with Crippen LogP contribution < -0.4 is 10.1 Å². The van der Waals surface area contributed by atoms with Crippen LogP contribution in [0.2, 0.25) is 0 Å². The molecule has 0 atom stereocenters. The van der Waals surface area contributed by atoms with Crippen LogP contribution in [0.15, 0.2) is 40.7 Å². The van der Waals surface area contributed by atoms with Crippen molar-refractivity contribution < 1.29 is 17.9 Å². The maximum Gasteiger partial charge on any atom is 0.434 e. The van der Waals surface area contributed by atoms with Gasteiger partial charge in [-0.3, -0.25) is 4.99 Å². The fourth-order valence-electron chi connectivity index (χ4n) is 2.89. The van der Waals surface area contributed by atoms with Crippen molar-refractivity contribution in [2.45, 2.75) is 31.7 Å². The number of benzene rings is 1. The molecule has 1 aliphatic rings. The molecule has 27 heavy (non-hydrogen) atoms. The minimum atomic E-state index is -4.41. The summed E-state index contributed by atoms with van der Waals surface area (Å²) in [4.78, 5) is 9.95. The van der Waals surface area contributed by atoms with Crippen LogP contribution in [0.1, 0.15) is 23.5 Å². The zero-order valence-electron chi connectivity index (χ0n) is 14.9. The summed E-state index contributed by atoms with van der Waals surface area (Å²) in [5.74, 6) is 1.53. The molecule has 0 saturated carbocycles. The van der Waals surface area contributed by atoms with Gasteiger partial charge in [0.1, 0.15) is 16.9 Å². The molecule has 0 spiro atoms. The van der Waals surface area contributed by atoms with Gasteiger partial charge in [0.2, 0.25) is 0 Å². The molecule has 1 aromatic carbocycles. The third kappa shape index (κ3) is 5.35. The summed E-state index contributed by atoms with van der Waals surface area (Å²) in [6.07, 6.45) is -2.55. The number of para-hydroxylation sites is 1. The molecule has 1 aliphatic heterocycles. The van der Waals surface area contributed by atoms with Crippen molar-refractivity contribution in [1.29, 1.82) is 0 Å². The Morgan fingerprint density at radius 1 is 1.30 bits per heavy atom. The van der Waals surface area contributed by atoms with E-state index in [9.17, 15) is 13.2 Å². The van der Waals surface area contributed by atoms with Crippen molar-refractivity contribution in [2.24, 2.45) is 4.99 Å². The molecule has 0 amide bonds. The van der Waals surface area contributed by atoms with Crippen LogP contribution in [0.25, 0.3) is 0 Å². The molecule has 1 saturated heterocycles. The number of rotatable bonds is 4. The molecule has 1 fully saturated rings. The van der Waals surface area contributed by atoms with Gasteiger partial charge in [-0.2, -0.15) is 13.2 Å². The van der Waals surface area contributed by atoms with Gasteiger partial charge in [-0.1, -0.05) is 18.2 Å². The molecular formula is C18H21F3N4OS. The molecule has 1 aromatic heterocycles. The fourth-order valence-corrected chi connectivity index (χ4v) is 3.63. The monoisotopic (exact) mass is 398 g/mol. The SMILES string of the molecule is CN=C(NCc1nc(C(F)(F)F)cs1)N1CCC(Oc2ccccc2)CC1. The minimum Gasteiger partial charge on any atom is -0.490 e. The second-order valence-electron chi connectivity index (χ2n) is 6.14. The molecule has 146 valence electrons. The van der Waals surface area contributed by atoms with E-state index in [4.69, 9.17) is 4.74 Å². The second-order valence-corrected chi connectivity index (χ2v) is 7.08. The minimum absolute atomic E-state index is 0.148. The number of nitrogens with one attached hydrogen (secondary N) is 1. The number of thiazole rings is 1. The van der Waals surface area contributed by atoms with Gasteiger partial charge >= 0.3 is 6.18 Å². The Morgan fingerprint density at radius 2 is 2.00 bits per heavy atom. The average molecular weight is 398 g/mol. The van der Waals surface area contributed by atoms with Crippen molar-refractivity contribution in [3.63, 3.8) is 0 Å². The van der Waals surface area contributed by atoms with Gasteiger partial charge in [0.15, 0.2) is 11.7 Å². The van der Waals surface area contributed by atoms with Gasteiger partial charge in [-0.25, -0.2) is 4.98 Å². The van der Waals surface area contributed by atoms with Crippen LogP contribution >= 0.6 is 11.3 Å². The molecule has 5 nitrogen and oxygen atoms in total. The van der Waals surface area contributed by atoms with Crippen LogP contribution in [0.5, 0.6) is 5.75 Å². The smallest absolute Gasteiger partial charge is 0.434 e. The van der Waals surface area contributed by atoms with Gasteiger partial charge in [0.05, 0.1) is 6.54 Å². The number of aliphatic imine (C=N–C) groups is 1. The van der Waals surface area contributed by atoms with E-state index in [0.717, 1.165) is 48.4 Å². The quantitative estimate of drug-likeness (QED) is 0.629. The molecular weight excluding hydrogens is 377 g/mol. The summed E-state index contributed by atoms with van der Waals surface area (Å²) in [6, 6.07) is 9.72. The number of nitrogens with zero attached hydrogens (tertiary/aromatic N) is 3. The lowest BCUT2D eigenvalue weighted by atomic mass is 10.1. The topological polar surface area (TPSA) is 49.8 Å². The van der Waals surface area contributed by atoms with Gasteiger partial charge in [0.25, 0.3) is 0 Å². The molecule has 0 bridgehead atoms. The summed E-state index contributed by atoms with van der Waals surface area (Å²) in [5.41, 5.74) is -0.849. The van der Waals surface area contributed by atoms with Crippen molar-refractivity contribution in [3.8, 4) is 5.75 Å². The predicted octanol–water partition coefficient (Wildman–Crippen LogP) is 3.78. The number of aromatic nitrogens is 1. The van der Waals surface area contributed by atoms with Crippen LogP contribution in [0.3, 0.4) is 0 Å². The summed E-state index contributed by atoms with van der Waals surface area (Å²) >= 11 is 0.990. The molecule has 1 N–H and O–H groups in total. The van der Waals surface area contributed by atoms with E-state index in [1.807, 2.05) is 30.3 Å². The van der Waals surface area contributed by atoms with E-state index in [0.29, 0.717) is 11.0 Å². The fraction of sp³-hybridized carbons (Fsp3) is 0.444. The Labute approximate surface area is 159 Å². The first-order chi connectivity index (χ1) is 13.0. The zero-order valence-corrected chi connectivity index (χ0v) is 15.7. The highest BCUT2D eigenvalue weighted by Gasteiger charge is 2.33. The van der Waals surface area contributed by atoms with Crippen LogP contribution in [0.4, 0.5) is 13.2 Å². The van der Waals surface area contributed by atoms with Crippen LogP contribution in [-0.2, 0) is 12.7 Å². The van der Waals surface area contributed by atoms with Gasteiger partial charge in [0, 0.05) is 38.4 Å². The van der Waals surface area contributed by atoms with Crippen molar-refractivity contribution in [2.75, 3.05) is 20.1 Å². The number of piperidine rings is 1. The van der Waals surface area contributed by atoms with E-state index < -0.39 is 11.9 Å². The normalized spacial score (nSPS) is 16.4. The Hall–Kier alpha value is -2.29. The number of likely N-dealkylation sites (tertiary alicyclic amines) is 1. The Bertz CT molecular complexity index is 755. The number of hydrogen-bond acceptors (Lipinski definition) is 4. The molecule has 0 aliphatic carbocycles. The van der Waals surface area contributed by atoms with E-state index in [1.54, 1.807) is 7.05 Å². The van der Waals surface area contributed by atoms with E-state index in [-0.39, 0.29) is 12.6 Å². The van der Waals surface area contributed by atoms with Crippen molar-refractivity contribution in [3.05, 3.63) is 46.4 Å². The van der Waals surface area contributed by atoms with Gasteiger partial charge < -0.3 is 15.0 Å². The number of halogens is 3. The van der Waals surface area contributed by atoms with Crippen LogP contribution in [0, 0.1) is 0 Å². The maximum atomic E-state index is 12.6. The highest BCUT2D eigenvalue weighted by molar-refractivity contribution is 7.09. The molecule has 2 heterocycles. The largest absolute Gasteiger partial charge is 0.490 e. The number of guanidine groups is 1. The molecule has 9 heteroatoms. The Kier molecular flexibility index (Phi) is 6.20.